The number of carbonyl (C=O) groups is 1. The summed E-state index contributed by atoms with van der Waals surface area (Å²) >= 11 is 0. The smallest absolute Gasteiger partial charge is 0.246 e. The van der Waals surface area contributed by atoms with Gasteiger partial charge in [0.05, 0.1) is 24.0 Å². The van der Waals surface area contributed by atoms with Gasteiger partial charge in [-0.25, -0.2) is 4.98 Å². The minimum atomic E-state index is 0.0202. The van der Waals surface area contributed by atoms with Crippen molar-refractivity contribution < 1.29 is 9.53 Å². The number of piperazine rings is 1. The van der Waals surface area contributed by atoms with Crippen molar-refractivity contribution in [2.75, 3.05) is 41.4 Å². The molecule has 0 unspecified atom stereocenters. The predicted octanol–water partition coefficient (Wildman–Crippen LogP) is 1.68. The molecule has 1 amide bonds. The second-order valence-corrected chi connectivity index (χ2v) is 8.05. The molecule has 0 radical (unpaired) electrons. The number of nitrogens with one attached hydrogen (secondary N) is 1. The first-order valence-electron chi connectivity index (χ1n) is 10.3. The quantitative estimate of drug-likeness (QED) is 0.818. The SMILES string of the molecule is CC(C)[C@@H]1OCCC[C@@H]1Nc1ccnc(N2CCN(c3cnn(C)c3)C(=O)C2)n1. The van der Waals surface area contributed by atoms with Gasteiger partial charge in [-0.3, -0.25) is 9.48 Å². The third-order valence-corrected chi connectivity index (χ3v) is 5.51. The monoisotopic (exact) mass is 399 g/mol. The molecule has 0 aliphatic carbocycles. The van der Waals surface area contributed by atoms with Crippen molar-refractivity contribution in [2.24, 2.45) is 13.0 Å². The average Bonchev–Trinajstić information content (AvgIpc) is 3.14. The van der Waals surface area contributed by atoms with E-state index in [1.54, 1.807) is 22.0 Å². The van der Waals surface area contributed by atoms with Gasteiger partial charge in [-0.15, -0.1) is 0 Å². The molecule has 1 N–H and O–H groups in total. The van der Waals surface area contributed by atoms with E-state index >= 15 is 0 Å². The highest BCUT2D eigenvalue weighted by molar-refractivity contribution is 5.97. The van der Waals surface area contributed by atoms with Gasteiger partial charge in [-0.1, -0.05) is 13.8 Å². The molecule has 2 aliphatic heterocycles. The van der Waals surface area contributed by atoms with Gasteiger partial charge in [0.1, 0.15) is 12.4 Å². The lowest BCUT2D eigenvalue weighted by molar-refractivity contribution is -0.117. The van der Waals surface area contributed by atoms with E-state index in [-0.39, 0.29) is 24.6 Å². The number of nitrogens with zero attached hydrogens (tertiary/aromatic N) is 6. The zero-order valence-electron chi connectivity index (χ0n) is 17.3. The van der Waals surface area contributed by atoms with Crippen LogP contribution in [0.5, 0.6) is 0 Å². The topological polar surface area (TPSA) is 88.4 Å². The number of aromatic nitrogens is 4. The van der Waals surface area contributed by atoms with Crippen molar-refractivity contribution in [3.05, 3.63) is 24.7 Å². The molecule has 9 heteroatoms. The van der Waals surface area contributed by atoms with Crippen molar-refractivity contribution in [1.29, 1.82) is 0 Å². The summed E-state index contributed by atoms with van der Waals surface area (Å²) in [5.74, 6) is 1.81. The van der Waals surface area contributed by atoms with Gasteiger partial charge in [-0.05, 0) is 24.8 Å². The Bertz CT molecular complexity index is 853. The minimum Gasteiger partial charge on any atom is -0.376 e. The highest BCUT2D eigenvalue weighted by Gasteiger charge is 2.30. The molecule has 0 aromatic carbocycles. The molecular weight excluding hydrogens is 370 g/mol. The lowest BCUT2D eigenvalue weighted by Gasteiger charge is -2.36. The van der Waals surface area contributed by atoms with Crippen LogP contribution in [0.2, 0.25) is 0 Å². The van der Waals surface area contributed by atoms with Crippen LogP contribution in [0.25, 0.3) is 0 Å². The molecule has 2 fully saturated rings. The molecule has 2 aromatic heterocycles. The molecule has 0 saturated carbocycles. The molecule has 0 bridgehead atoms. The van der Waals surface area contributed by atoms with Crippen molar-refractivity contribution >= 4 is 23.4 Å². The van der Waals surface area contributed by atoms with Crippen molar-refractivity contribution in [3.63, 3.8) is 0 Å². The van der Waals surface area contributed by atoms with E-state index in [4.69, 9.17) is 4.74 Å². The molecule has 9 nitrogen and oxygen atoms in total. The number of ether oxygens (including phenoxy) is 1. The van der Waals surface area contributed by atoms with Crippen LogP contribution in [0.1, 0.15) is 26.7 Å². The van der Waals surface area contributed by atoms with Crippen LogP contribution in [-0.2, 0) is 16.6 Å². The zero-order valence-corrected chi connectivity index (χ0v) is 17.3. The molecular formula is C20H29N7O2. The van der Waals surface area contributed by atoms with Gasteiger partial charge >= 0.3 is 0 Å². The largest absolute Gasteiger partial charge is 0.376 e. The zero-order chi connectivity index (χ0) is 20.4. The first-order chi connectivity index (χ1) is 14.0. The molecule has 29 heavy (non-hydrogen) atoms. The average molecular weight is 399 g/mol. The summed E-state index contributed by atoms with van der Waals surface area (Å²) in [5.41, 5.74) is 0.825. The lowest BCUT2D eigenvalue weighted by Crippen LogP contribution is -2.51. The highest BCUT2D eigenvalue weighted by Crippen LogP contribution is 2.24. The van der Waals surface area contributed by atoms with Crippen LogP contribution < -0.4 is 15.1 Å². The van der Waals surface area contributed by atoms with Gasteiger partial charge in [0.25, 0.3) is 0 Å². The molecule has 0 spiro atoms. The third kappa shape index (κ3) is 4.34. The van der Waals surface area contributed by atoms with Crippen molar-refractivity contribution in [3.8, 4) is 0 Å². The maximum Gasteiger partial charge on any atom is 0.246 e. The number of hydrogen-bond donors (Lipinski definition) is 1. The summed E-state index contributed by atoms with van der Waals surface area (Å²) < 4.78 is 7.67. The summed E-state index contributed by atoms with van der Waals surface area (Å²) in [5, 5.41) is 7.69. The van der Waals surface area contributed by atoms with Gasteiger partial charge in [0, 0.05) is 39.1 Å². The van der Waals surface area contributed by atoms with E-state index in [2.05, 4.69) is 34.2 Å². The van der Waals surface area contributed by atoms with Crippen molar-refractivity contribution in [1.82, 2.24) is 19.7 Å². The number of carbonyl (C=O) groups excluding carboxylic acids is 1. The summed E-state index contributed by atoms with van der Waals surface area (Å²) in [6.07, 6.45) is 7.59. The Morgan fingerprint density at radius 1 is 1.31 bits per heavy atom. The Morgan fingerprint density at radius 2 is 2.17 bits per heavy atom. The molecule has 156 valence electrons. The second-order valence-electron chi connectivity index (χ2n) is 8.05. The van der Waals surface area contributed by atoms with Gasteiger partial charge in [-0.2, -0.15) is 10.1 Å². The van der Waals surface area contributed by atoms with Crippen LogP contribution in [0.3, 0.4) is 0 Å². The normalized spacial score (nSPS) is 23.0. The molecule has 2 atom stereocenters. The number of amides is 1. The third-order valence-electron chi connectivity index (χ3n) is 5.51. The number of rotatable bonds is 5. The number of aryl methyl sites for hydroxylation is 1. The molecule has 4 rings (SSSR count). The molecule has 2 aromatic rings. The minimum absolute atomic E-state index is 0.0202. The standard InChI is InChI=1S/C20H29N7O2/c1-14(2)19-16(5-4-10-29-19)23-17-6-7-21-20(24-17)26-8-9-27(18(28)13-26)15-11-22-25(3)12-15/h6-7,11-12,14,16,19H,4-5,8-10,13H2,1-3H3,(H,21,23,24)/t16-,19-/m0/s1. The summed E-state index contributed by atoms with van der Waals surface area (Å²) in [4.78, 5) is 25.4. The van der Waals surface area contributed by atoms with Crippen LogP contribution in [0.4, 0.5) is 17.5 Å². The van der Waals surface area contributed by atoms with E-state index in [9.17, 15) is 4.79 Å². The first-order valence-corrected chi connectivity index (χ1v) is 10.3. The predicted molar refractivity (Wildman–Crippen MR) is 111 cm³/mol. The fourth-order valence-electron chi connectivity index (χ4n) is 4.05. The van der Waals surface area contributed by atoms with E-state index in [1.165, 1.54) is 0 Å². The van der Waals surface area contributed by atoms with Crippen LogP contribution in [-0.4, -0.2) is 64.0 Å². The van der Waals surface area contributed by atoms with Gasteiger partial charge < -0.3 is 19.9 Å². The highest BCUT2D eigenvalue weighted by atomic mass is 16.5. The number of hydrogen-bond acceptors (Lipinski definition) is 7. The van der Waals surface area contributed by atoms with Crippen LogP contribution >= 0.6 is 0 Å². The van der Waals surface area contributed by atoms with Gasteiger partial charge in [0.2, 0.25) is 11.9 Å². The van der Waals surface area contributed by atoms with E-state index in [0.717, 1.165) is 31.0 Å². The summed E-state index contributed by atoms with van der Waals surface area (Å²) in [6, 6.07) is 2.11. The maximum atomic E-state index is 12.7. The summed E-state index contributed by atoms with van der Waals surface area (Å²) in [7, 11) is 1.85. The summed E-state index contributed by atoms with van der Waals surface area (Å²) in [6.45, 7) is 6.69. The van der Waals surface area contributed by atoms with Crippen LogP contribution in [0.15, 0.2) is 24.7 Å². The van der Waals surface area contributed by atoms with Crippen molar-refractivity contribution in [2.45, 2.75) is 38.8 Å². The lowest BCUT2D eigenvalue weighted by atomic mass is 9.94. The molecule has 2 saturated heterocycles. The fourth-order valence-corrected chi connectivity index (χ4v) is 4.05. The Morgan fingerprint density at radius 3 is 2.90 bits per heavy atom. The van der Waals surface area contributed by atoms with E-state index in [1.807, 2.05) is 24.2 Å². The molecule has 2 aliphatic rings. The Balaban J connectivity index is 1.43. The van der Waals surface area contributed by atoms with Crippen LogP contribution in [0, 0.1) is 5.92 Å². The number of anilines is 3. The fraction of sp³-hybridized carbons (Fsp3) is 0.600. The van der Waals surface area contributed by atoms with E-state index in [0.29, 0.717) is 25.0 Å². The van der Waals surface area contributed by atoms with E-state index < -0.39 is 0 Å². The Hall–Kier alpha value is -2.68. The molecule has 4 heterocycles. The maximum absolute atomic E-state index is 12.7. The first kappa shape index (κ1) is 19.6. The van der Waals surface area contributed by atoms with Gasteiger partial charge in [0.15, 0.2) is 0 Å². The Labute approximate surface area is 171 Å². The Kier molecular flexibility index (Phi) is 5.66. The second kappa shape index (κ2) is 8.36.